The first-order valence-electron chi connectivity index (χ1n) is 20.3. The maximum absolute atomic E-state index is 5.38. The van der Waals surface area contributed by atoms with Gasteiger partial charge in [-0.05, 0) is 57.8 Å². The van der Waals surface area contributed by atoms with Crippen LogP contribution in [-0.2, 0) is 0 Å². The molecule has 0 unspecified atom stereocenters. The summed E-state index contributed by atoms with van der Waals surface area (Å²) in [5.74, 6) is 1.79. The summed E-state index contributed by atoms with van der Waals surface area (Å²) in [5.41, 5.74) is 11.8. The van der Waals surface area contributed by atoms with Crippen molar-refractivity contribution in [3.8, 4) is 56.7 Å². The van der Waals surface area contributed by atoms with Gasteiger partial charge in [0.2, 0.25) is 5.95 Å². The van der Waals surface area contributed by atoms with Crippen LogP contribution in [0.15, 0.2) is 212 Å². The van der Waals surface area contributed by atoms with E-state index < -0.39 is 0 Å². The minimum absolute atomic E-state index is 0.560. The maximum Gasteiger partial charge on any atom is 0.238 e. The van der Waals surface area contributed by atoms with E-state index >= 15 is 0 Å². The molecule has 0 spiro atoms. The third-order valence-corrected chi connectivity index (χ3v) is 11.8. The number of hydrogen-bond donors (Lipinski definition) is 0. The minimum Gasteiger partial charge on any atom is -0.307 e. The molecule has 0 radical (unpaired) electrons. The van der Waals surface area contributed by atoms with E-state index in [1.165, 1.54) is 16.3 Å². The molecule has 0 bridgehead atoms. The minimum atomic E-state index is 0.560. The largest absolute Gasteiger partial charge is 0.307 e. The van der Waals surface area contributed by atoms with Crippen molar-refractivity contribution in [3.63, 3.8) is 0 Å². The van der Waals surface area contributed by atoms with Crippen LogP contribution in [0.2, 0.25) is 0 Å². The first kappa shape index (κ1) is 33.9. The summed E-state index contributed by atoms with van der Waals surface area (Å²) in [5, 5.41) is 6.88. The van der Waals surface area contributed by atoms with Gasteiger partial charge in [0.1, 0.15) is 0 Å². The molecule has 0 amide bonds. The molecular formula is C55H35N5. The van der Waals surface area contributed by atoms with Crippen molar-refractivity contribution in [1.82, 2.24) is 24.1 Å². The van der Waals surface area contributed by atoms with Gasteiger partial charge in [-0.1, -0.05) is 182 Å². The number of nitrogens with zero attached hydrogens (tertiary/aromatic N) is 5. The lowest BCUT2D eigenvalue weighted by atomic mass is 9.97. The molecular weight excluding hydrogens is 731 g/mol. The molecule has 280 valence electrons. The third kappa shape index (κ3) is 5.44. The van der Waals surface area contributed by atoms with E-state index in [-0.39, 0.29) is 0 Å². The van der Waals surface area contributed by atoms with Gasteiger partial charge in [0.25, 0.3) is 0 Å². The summed E-state index contributed by atoms with van der Waals surface area (Å²) in [6, 6.07) is 75.2. The van der Waals surface area contributed by atoms with E-state index in [1.807, 2.05) is 18.2 Å². The quantitative estimate of drug-likeness (QED) is 0.169. The predicted octanol–water partition coefficient (Wildman–Crippen LogP) is 13.9. The molecule has 0 atom stereocenters. The topological polar surface area (TPSA) is 48.5 Å². The van der Waals surface area contributed by atoms with Crippen LogP contribution < -0.4 is 0 Å². The monoisotopic (exact) mass is 765 g/mol. The van der Waals surface area contributed by atoms with E-state index in [1.54, 1.807) is 0 Å². The lowest BCUT2D eigenvalue weighted by molar-refractivity contribution is 0.953. The molecule has 0 aliphatic carbocycles. The van der Waals surface area contributed by atoms with Gasteiger partial charge in [-0.25, -0.2) is 4.98 Å². The number of para-hydroxylation sites is 2. The Balaban J connectivity index is 1.21. The van der Waals surface area contributed by atoms with Crippen molar-refractivity contribution in [2.45, 2.75) is 0 Å². The van der Waals surface area contributed by atoms with Crippen molar-refractivity contribution in [2.75, 3.05) is 0 Å². The molecule has 12 aromatic rings. The molecule has 9 aromatic carbocycles. The van der Waals surface area contributed by atoms with Crippen molar-refractivity contribution in [3.05, 3.63) is 212 Å². The van der Waals surface area contributed by atoms with Crippen molar-refractivity contribution >= 4 is 54.4 Å². The van der Waals surface area contributed by atoms with Crippen LogP contribution in [0, 0.1) is 0 Å². The van der Waals surface area contributed by atoms with Crippen LogP contribution in [0.4, 0.5) is 0 Å². The van der Waals surface area contributed by atoms with Gasteiger partial charge in [0, 0.05) is 38.2 Å². The lowest BCUT2D eigenvalue weighted by Crippen LogP contribution is -2.07. The van der Waals surface area contributed by atoms with Gasteiger partial charge in [-0.2, -0.15) is 9.97 Å². The molecule has 0 aliphatic heterocycles. The molecule has 0 fully saturated rings. The Hall–Kier alpha value is -8.15. The van der Waals surface area contributed by atoms with Crippen LogP contribution in [0.25, 0.3) is 111 Å². The van der Waals surface area contributed by atoms with E-state index in [0.717, 1.165) is 77.1 Å². The highest BCUT2D eigenvalue weighted by Gasteiger charge is 2.24. The van der Waals surface area contributed by atoms with E-state index in [2.05, 4.69) is 203 Å². The first-order chi connectivity index (χ1) is 29.8. The van der Waals surface area contributed by atoms with Crippen LogP contribution in [0.1, 0.15) is 0 Å². The van der Waals surface area contributed by atoms with Gasteiger partial charge in [-0.15, -0.1) is 0 Å². The lowest BCUT2D eigenvalue weighted by Gasteiger charge is -2.17. The van der Waals surface area contributed by atoms with Crippen LogP contribution in [0.3, 0.4) is 0 Å². The fraction of sp³-hybridized carbons (Fsp3) is 0. The van der Waals surface area contributed by atoms with Gasteiger partial charge in [0.05, 0.1) is 27.8 Å². The second-order valence-electron chi connectivity index (χ2n) is 15.2. The molecule has 0 aliphatic rings. The highest BCUT2D eigenvalue weighted by atomic mass is 15.2. The highest BCUT2D eigenvalue weighted by Crippen LogP contribution is 2.44. The number of benzene rings is 9. The number of aromatic nitrogens is 5. The maximum atomic E-state index is 5.38. The SMILES string of the molecule is c1ccc(-c2ccc(-n3c4ccccc4c4ccc5c6ccccc6n(-c6nc(-c7ccccc7)nc(-c7ccc8ccccc8c7)n6)c5c43)c(-c3ccccc3)c2)cc1. The fourth-order valence-corrected chi connectivity index (χ4v) is 8.99. The van der Waals surface area contributed by atoms with Gasteiger partial charge in [-0.3, -0.25) is 4.57 Å². The van der Waals surface area contributed by atoms with Gasteiger partial charge < -0.3 is 4.57 Å². The Morgan fingerprint density at radius 2 is 0.817 bits per heavy atom. The summed E-state index contributed by atoms with van der Waals surface area (Å²) in [4.78, 5) is 15.9. The zero-order valence-electron chi connectivity index (χ0n) is 32.4. The predicted molar refractivity (Wildman–Crippen MR) is 248 cm³/mol. The smallest absolute Gasteiger partial charge is 0.238 e. The zero-order valence-corrected chi connectivity index (χ0v) is 32.4. The fourth-order valence-electron chi connectivity index (χ4n) is 8.99. The summed E-state index contributed by atoms with van der Waals surface area (Å²) in [6.45, 7) is 0. The molecule has 3 aromatic heterocycles. The van der Waals surface area contributed by atoms with Crippen LogP contribution in [0.5, 0.6) is 0 Å². The van der Waals surface area contributed by atoms with Gasteiger partial charge in [0.15, 0.2) is 11.6 Å². The standard InChI is InChI=1S/C55H35N5/c1-4-16-36(17-5-1)41-30-33-50(47(35-41)38-19-6-2-7-20-38)59-48-26-14-12-24-43(48)45-31-32-46-44-25-13-15-27-49(44)60(52(46)51(45)59)55-57-53(39-21-8-3-9-22-39)56-54(58-55)42-29-28-37-18-10-11-23-40(37)34-42/h1-35H. The molecule has 3 heterocycles. The molecule has 12 rings (SSSR count). The Bertz CT molecular complexity index is 3590. The van der Waals surface area contributed by atoms with E-state index in [9.17, 15) is 0 Å². The Kier molecular flexibility index (Phi) is 7.78. The number of hydrogen-bond acceptors (Lipinski definition) is 3. The highest BCUT2D eigenvalue weighted by molar-refractivity contribution is 6.24. The third-order valence-electron chi connectivity index (χ3n) is 11.8. The molecule has 0 saturated carbocycles. The van der Waals surface area contributed by atoms with E-state index in [4.69, 9.17) is 15.0 Å². The molecule has 0 N–H and O–H groups in total. The van der Waals surface area contributed by atoms with Crippen LogP contribution in [-0.4, -0.2) is 24.1 Å². The summed E-state index contributed by atoms with van der Waals surface area (Å²) in [7, 11) is 0. The van der Waals surface area contributed by atoms with Crippen molar-refractivity contribution in [2.24, 2.45) is 0 Å². The van der Waals surface area contributed by atoms with Crippen LogP contribution >= 0.6 is 0 Å². The van der Waals surface area contributed by atoms with E-state index in [0.29, 0.717) is 17.6 Å². The second kappa shape index (κ2) is 13.8. The average Bonchev–Trinajstić information content (AvgIpc) is 3.85. The van der Waals surface area contributed by atoms with Crippen molar-refractivity contribution < 1.29 is 0 Å². The Morgan fingerprint density at radius 3 is 1.50 bits per heavy atom. The Morgan fingerprint density at radius 1 is 0.300 bits per heavy atom. The Labute approximate surface area is 346 Å². The summed E-state index contributed by atoms with van der Waals surface area (Å²) >= 11 is 0. The van der Waals surface area contributed by atoms with Crippen molar-refractivity contribution in [1.29, 1.82) is 0 Å². The van der Waals surface area contributed by atoms with Gasteiger partial charge >= 0.3 is 0 Å². The first-order valence-corrected chi connectivity index (χ1v) is 20.3. The number of fused-ring (bicyclic) bond motifs is 8. The normalized spacial score (nSPS) is 11.7. The molecule has 60 heavy (non-hydrogen) atoms. The summed E-state index contributed by atoms with van der Waals surface area (Å²) < 4.78 is 4.73. The number of rotatable bonds is 6. The molecule has 0 saturated heterocycles. The molecule has 5 nitrogen and oxygen atoms in total. The zero-order chi connectivity index (χ0) is 39.6. The molecule has 5 heteroatoms. The average molecular weight is 766 g/mol. The summed E-state index contributed by atoms with van der Waals surface area (Å²) in [6.07, 6.45) is 0. The second-order valence-corrected chi connectivity index (χ2v) is 15.2.